The van der Waals surface area contributed by atoms with Crippen molar-refractivity contribution in [3.8, 4) is 0 Å². The topological polar surface area (TPSA) is 3.24 Å². The van der Waals surface area contributed by atoms with Crippen LogP contribution >= 0.6 is 0 Å². The first kappa shape index (κ1) is 19.8. The molecule has 1 rings (SSSR count). The molecular weight excluding hydrogens is 290 g/mol. The lowest BCUT2D eigenvalue weighted by Gasteiger charge is -2.26. The average molecular weight is 322 g/mol. The van der Waals surface area contributed by atoms with Crippen LogP contribution in [0, 0.1) is 17.8 Å². The van der Waals surface area contributed by atoms with Crippen LogP contribution in [0.2, 0.25) is 0 Å². The van der Waals surface area contributed by atoms with E-state index in [1.807, 2.05) is 25.2 Å². The Morgan fingerprint density at radius 2 is 2.12 bits per heavy atom. The van der Waals surface area contributed by atoms with Gasteiger partial charge < -0.3 is 4.90 Å². The third-order valence-electron chi connectivity index (χ3n) is 4.47. The van der Waals surface area contributed by atoms with Crippen LogP contribution in [0.25, 0.3) is 0 Å². The number of nitrogens with zero attached hydrogens (tertiary/aromatic N) is 1. The van der Waals surface area contributed by atoms with Crippen molar-refractivity contribution in [3.63, 3.8) is 0 Å². The van der Waals surface area contributed by atoms with Crippen molar-refractivity contribution in [2.75, 3.05) is 13.6 Å². The SMILES string of the molecule is C=C/C=C\C(=C=CC)C(C)CN(C)C(=C)C1=CC(C)C(C)C=C=C1. The molecule has 0 saturated carbocycles. The summed E-state index contributed by atoms with van der Waals surface area (Å²) < 4.78 is 0. The zero-order chi connectivity index (χ0) is 18.1. The van der Waals surface area contributed by atoms with Gasteiger partial charge in [0.2, 0.25) is 0 Å². The van der Waals surface area contributed by atoms with Crippen LogP contribution in [0.15, 0.2) is 84.0 Å². The summed E-state index contributed by atoms with van der Waals surface area (Å²) in [5.74, 6) is 1.34. The van der Waals surface area contributed by atoms with Crippen LogP contribution in [0.5, 0.6) is 0 Å². The molecule has 0 N–H and O–H groups in total. The lowest BCUT2D eigenvalue weighted by atomic mass is 9.94. The molecule has 0 heterocycles. The van der Waals surface area contributed by atoms with Crippen molar-refractivity contribution in [2.24, 2.45) is 17.8 Å². The molecular formula is C23H31N. The first-order valence-corrected chi connectivity index (χ1v) is 8.65. The van der Waals surface area contributed by atoms with E-state index >= 15 is 0 Å². The first-order chi connectivity index (χ1) is 11.4. The maximum atomic E-state index is 4.30. The Labute approximate surface area is 148 Å². The normalized spacial score (nSPS) is 20.8. The second-order valence-electron chi connectivity index (χ2n) is 6.53. The highest BCUT2D eigenvalue weighted by molar-refractivity contribution is 5.39. The molecule has 0 amide bonds. The maximum Gasteiger partial charge on any atom is 0.0367 e. The number of rotatable bonds is 7. The molecule has 1 aliphatic carbocycles. The third-order valence-corrected chi connectivity index (χ3v) is 4.47. The second-order valence-corrected chi connectivity index (χ2v) is 6.53. The summed E-state index contributed by atoms with van der Waals surface area (Å²) in [4.78, 5) is 2.22. The summed E-state index contributed by atoms with van der Waals surface area (Å²) in [6.07, 6.45) is 14.3. The zero-order valence-electron chi connectivity index (χ0n) is 15.8. The minimum absolute atomic E-state index is 0.349. The second kappa shape index (κ2) is 9.83. The van der Waals surface area contributed by atoms with Gasteiger partial charge in [-0.15, -0.1) is 11.5 Å². The standard InChI is InChI=1S/C23H31N/c1-8-10-14-22(12-9-2)20(5)17-24(7)21(6)23-15-11-13-18(3)19(4)16-23/h8-10,13-16,18-20H,1,6,17H2,2-5,7H3/b14-10-. The van der Waals surface area contributed by atoms with Crippen LogP contribution in [-0.4, -0.2) is 18.5 Å². The highest BCUT2D eigenvalue weighted by Crippen LogP contribution is 2.24. The van der Waals surface area contributed by atoms with E-state index in [0.29, 0.717) is 17.8 Å². The van der Waals surface area contributed by atoms with Crippen LogP contribution in [0.3, 0.4) is 0 Å². The van der Waals surface area contributed by atoms with Crippen molar-refractivity contribution < 1.29 is 0 Å². The van der Waals surface area contributed by atoms with Crippen LogP contribution < -0.4 is 0 Å². The maximum absolute atomic E-state index is 4.30. The molecule has 0 spiro atoms. The smallest absolute Gasteiger partial charge is 0.0367 e. The molecule has 0 aromatic carbocycles. The Morgan fingerprint density at radius 1 is 1.42 bits per heavy atom. The van der Waals surface area contributed by atoms with Crippen molar-refractivity contribution in [2.45, 2.75) is 27.7 Å². The number of hydrogen-bond donors (Lipinski definition) is 0. The quantitative estimate of drug-likeness (QED) is 0.421. The van der Waals surface area contributed by atoms with Gasteiger partial charge in [0.05, 0.1) is 0 Å². The molecule has 0 fully saturated rings. The number of likely N-dealkylation sites (N-methyl/N-ethyl adjacent to an activating group) is 1. The van der Waals surface area contributed by atoms with Crippen molar-refractivity contribution in [1.29, 1.82) is 0 Å². The Bertz CT molecular complexity index is 644. The van der Waals surface area contributed by atoms with Crippen LogP contribution in [0.4, 0.5) is 0 Å². The van der Waals surface area contributed by atoms with Gasteiger partial charge in [0.15, 0.2) is 0 Å². The molecule has 1 heteroatoms. The fourth-order valence-corrected chi connectivity index (χ4v) is 2.64. The van der Waals surface area contributed by atoms with E-state index in [9.17, 15) is 0 Å². The highest BCUT2D eigenvalue weighted by Gasteiger charge is 2.15. The van der Waals surface area contributed by atoms with E-state index in [1.54, 1.807) is 6.08 Å². The molecule has 3 atom stereocenters. The Kier molecular flexibility index (Phi) is 8.13. The molecule has 24 heavy (non-hydrogen) atoms. The van der Waals surface area contributed by atoms with Gasteiger partial charge in [0, 0.05) is 30.8 Å². The molecule has 1 nitrogen and oxygen atoms in total. The largest absolute Gasteiger partial charge is 0.374 e. The van der Waals surface area contributed by atoms with Gasteiger partial charge >= 0.3 is 0 Å². The Morgan fingerprint density at radius 3 is 2.75 bits per heavy atom. The minimum Gasteiger partial charge on any atom is -0.374 e. The van der Waals surface area contributed by atoms with Crippen molar-refractivity contribution >= 4 is 0 Å². The molecule has 0 aromatic rings. The monoisotopic (exact) mass is 321 g/mol. The van der Waals surface area contributed by atoms with Gasteiger partial charge in [-0.05, 0) is 42.6 Å². The van der Waals surface area contributed by atoms with Gasteiger partial charge in [-0.25, -0.2) is 0 Å². The summed E-state index contributed by atoms with van der Waals surface area (Å²) in [7, 11) is 2.10. The van der Waals surface area contributed by atoms with E-state index in [4.69, 9.17) is 0 Å². The van der Waals surface area contributed by atoms with E-state index in [0.717, 1.165) is 17.8 Å². The minimum atomic E-state index is 0.349. The molecule has 1 aliphatic rings. The van der Waals surface area contributed by atoms with Gasteiger partial charge in [0.1, 0.15) is 0 Å². The molecule has 0 aromatic heterocycles. The van der Waals surface area contributed by atoms with Gasteiger partial charge in [-0.2, -0.15) is 0 Å². The highest BCUT2D eigenvalue weighted by atomic mass is 15.1. The van der Waals surface area contributed by atoms with Crippen molar-refractivity contribution in [3.05, 3.63) is 84.0 Å². The molecule has 0 aliphatic heterocycles. The lowest BCUT2D eigenvalue weighted by Crippen LogP contribution is -2.25. The summed E-state index contributed by atoms with van der Waals surface area (Å²) >= 11 is 0. The summed E-state index contributed by atoms with van der Waals surface area (Å²) in [6, 6.07) is 0. The lowest BCUT2D eigenvalue weighted by molar-refractivity contribution is 0.381. The molecule has 128 valence electrons. The van der Waals surface area contributed by atoms with Gasteiger partial charge in [0.25, 0.3) is 0 Å². The summed E-state index contributed by atoms with van der Waals surface area (Å²) in [6.45, 7) is 17.6. The summed E-state index contributed by atoms with van der Waals surface area (Å²) in [5.41, 5.74) is 9.98. The van der Waals surface area contributed by atoms with Crippen LogP contribution in [-0.2, 0) is 0 Å². The van der Waals surface area contributed by atoms with Crippen molar-refractivity contribution in [1.82, 2.24) is 4.90 Å². The fourth-order valence-electron chi connectivity index (χ4n) is 2.64. The number of allylic oxidation sites excluding steroid dienone is 5. The van der Waals surface area contributed by atoms with Crippen LogP contribution in [0.1, 0.15) is 27.7 Å². The molecule has 0 saturated heterocycles. The zero-order valence-corrected chi connectivity index (χ0v) is 15.8. The van der Waals surface area contributed by atoms with Gasteiger partial charge in [-0.3, -0.25) is 0 Å². The van der Waals surface area contributed by atoms with E-state index in [1.165, 1.54) is 5.57 Å². The van der Waals surface area contributed by atoms with E-state index < -0.39 is 0 Å². The molecule has 0 bridgehead atoms. The van der Waals surface area contributed by atoms with E-state index in [2.05, 4.69) is 75.6 Å². The fraction of sp³-hybridized carbons (Fsp3) is 0.391. The predicted molar refractivity (Wildman–Crippen MR) is 107 cm³/mol. The first-order valence-electron chi connectivity index (χ1n) is 8.65. The summed E-state index contributed by atoms with van der Waals surface area (Å²) in [5, 5.41) is 0. The number of hydrogen-bond acceptors (Lipinski definition) is 1. The van der Waals surface area contributed by atoms with E-state index in [-0.39, 0.29) is 0 Å². The predicted octanol–water partition coefficient (Wildman–Crippen LogP) is 5.84. The van der Waals surface area contributed by atoms with Gasteiger partial charge in [-0.1, -0.05) is 58.2 Å². The molecule has 3 unspecified atom stereocenters. The molecule has 0 radical (unpaired) electrons. The average Bonchev–Trinajstić information content (AvgIpc) is 2.72. The Hall–Kier alpha value is -2.20. The third kappa shape index (κ3) is 5.78. The Balaban J connectivity index is 2.88.